The van der Waals surface area contributed by atoms with E-state index in [0.717, 1.165) is 25.7 Å². The molecule has 152 valence electrons. The van der Waals surface area contributed by atoms with Crippen molar-refractivity contribution in [3.05, 3.63) is 22.3 Å². The molecule has 7 heteroatoms. The Labute approximate surface area is 168 Å². The zero-order valence-corrected chi connectivity index (χ0v) is 17.6. The zero-order valence-electron chi connectivity index (χ0n) is 16.6. The molecule has 2 rings (SSSR count). The summed E-state index contributed by atoms with van der Waals surface area (Å²) in [7, 11) is 0. The molecule has 4 N–H and O–H groups in total. The second kappa shape index (κ2) is 9.17. The third kappa shape index (κ3) is 5.30. The summed E-state index contributed by atoms with van der Waals surface area (Å²) in [6.45, 7) is 6.37. The lowest BCUT2D eigenvalue weighted by atomic mass is 9.82. The molecule has 0 aromatic heterocycles. The number of ketones is 2. The van der Waals surface area contributed by atoms with E-state index in [1.54, 1.807) is 20.8 Å². The lowest BCUT2D eigenvalue weighted by Gasteiger charge is -2.30. The van der Waals surface area contributed by atoms with Crippen molar-refractivity contribution in [1.82, 2.24) is 5.32 Å². The van der Waals surface area contributed by atoms with Gasteiger partial charge in [-0.1, -0.05) is 0 Å². The molecule has 6 nitrogen and oxygen atoms in total. The Hall–Kier alpha value is -1.44. The average molecular weight is 397 g/mol. The number of hydrogen-bond acceptors (Lipinski definition) is 5. The van der Waals surface area contributed by atoms with Gasteiger partial charge in [-0.3, -0.25) is 14.4 Å². The molecule has 0 aliphatic heterocycles. The average Bonchev–Trinajstić information content (AvgIpc) is 2.60. The number of hydrogen-bond donors (Lipinski definition) is 3. The fourth-order valence-electron chi connectivity index (χ4n) is 3.54. The van der Waals surface area contributed by atoms with Crippen molar-refractivity contribution in [3.8, 4) is 0 Å². The smallest absolute Gasteiger partial charge is 0.251 e. The normalized spacial score (nSPS) is 25.9. The number of rotatable bonds is 5. The minimum atomic E-state index is -1.60. The van der Waals surface area contributed by atoms with E-state index in [1.807, 2.05) is 0 Å². The van der Waals surface area contributed by atoms with Crippen LogP contribution in [0.3, 0.4) is 0 Å². The number of carbonyl (C=O) groups is 3. The summed E-state index contributed by atoms with van der Waals surface area (Å²) < 4.78 is 0. The summed E-state index contributed by atoms with van der Waals surface area (Å²) in [5.74, 6) is -0.744. The number of carbonyl (C=O) groups excluding carboxylic acids is 3. The maximum Gasteiger partial charge on any atom is 0.251 e. The van der Waals surface area contributed by atoms with Crippen molar-refractivity contribution >= 4 is 31.0 Å². The Morgan fingerprint density at radius 2 is 1.59 bits per heavy atom. The quantitative estimate of drug-likeness (QED) is 0.614. The first kappa shape index (κ1) is 23.6. The van der Waals surface area contributed by atoms with Crippen LogP contribution in [0.15, 0.2) is 22.3 Å². The lowest BCUT2D eigenvalue weighted by molar-refractivity contribution is -0.139. The summed E-state index contributed by atoms with van der Waals surface area (Å²) in [6.07, 6.45) is 3.62. The van der Waals surface area contributed by atoms with Crippen LogP contribution in [0.2, 0.25) is 0 Å². The topological polar surface area (TPSA) is 109 Å². The largest absolute Gasteiger partial charge is 0.380 e. The van der Waals surface area contributed by atoms with Gasteiger partial charge in [-0.15, -0.1) is 0 Å². The highest BCUT2D eigenvalue weighted by molar-refractivity contribution is 7.59. The first-order valence-corrected chi connectivity index (χ1v) is 9.30. The Morgan fingerprint density at radius 3 is 2.15 bits per heavy atom. The first-order chi connectivity index (χ1) is 12.0. The number of amides is 1. The molecule has 0 aromatic rings. The molecular formula is C20H32N2O4S. The van der Waals surface area contributed by atoms with Crippen LogP contribution in [0.25, 0.3) is 0 Å². The molecule has 2 aliphatic rings. The molecule has 1 atom stereocenters. The minimum Gasteiger partial charge on any atom is -0.380 e. The van der Waals surface area contributed by atoms with Crippen LogP contribution >= 0.6 is 13.5 Å². The Kier molecular flexibility index (Phi) is 8.01. The van der Waals surface area contributed by atoms with E-state index in [2.05, 4.69) is 5.32 Å². The number of allylic oxidation sites excluding steroid dienone is 4. The van der Waals surface area contributed by atoms with Crippen LogP contribution in [-0.4, -0.2) is 40.3 Å². The van der Waals surface area contributed by atoms with Gasteiger partial charge in [0.15, 0.2) is 11.6 Å². The minimum absolute atomic E-state index is 0. The van der Waals surface area contributed by atoms with Crippen molar-refractivity contribution in [2.45, 2.75) is 83.9 Å². The molecule has 2 aliphatic carbocycles. The number of Topliss-reactive ketones (excluding diaryl/α,β-unsaturated/α-hetero) is 2. The van der Waals surface area contributed by atoms with Gasteiger partial charge in [-0.25, -0.2) is 0 Å². The molecule has 0 spiro atoms. The van der Waals surface area contributed by atoms with Crippen LogP contribution in [0, 0.1) is 0 Å². The summed E-state index contributed by atoms with van der Waals surface area (Å²) in [5, 5.41) is 13.5. The molecule has 0 aromatic carbocycles. The van der Waals surface area contributed by atoms with E-state index in [1.165, 1.54) is 6.92 Å². The van der Waals surface area contributed by atoms with Gasteiger partial charge < -0.3 is 16.2 Å². The van der Waals surface area contributed by atoms with Gasteiger partial charge >= 0.3 is 0 Å². The van der Waals surface area contributed by atoms with Crippen LogP contribution in [0.5, 0.6) is 0 Å². The van der Waals surface area contributed by atoms with Gasteiger partial charge in [-0.05, 0) is 66.2 Å². The Balaban J connectivity index is 0.00000364. The van der Waals surface area contributed by atoms with Crippen molar-refractivity contribution < 1.29 is 19.5 Å². The first-order valence-electron chi connectivity index (χ1n) is 9.30. The summed E-state index contributed by atoms with van der Waals surface area (Å²) in [5.41, 5.74) is 6.00. The van der Waals surface area contributed by atoms with E-state index in [-0.39, 0.29) is 50.0 Å². The SMILES string of the molecule is CC1=C(C)C(=O)C(CC[C@](C)(O)C(=O)NC2CCC(N)CC2)=C(C)C1=O.S. The summed E-state index contributed by atoms with van der Waals surface area (Å²) >= 11 is 0. The molecule has 0 bridgehead atoms. The van der Waals surface area contributed by atoms with E-state index < -0.39 is 11.5 Å². The van der Waals surface area contributed by atoms with Gasteiger partial charge in [0.2, 0.25) is 0 Å². The summed E-state index contributed by atoms with van der Waals surface area (Å²) in [6, 6.07) is 0.216. The Morgan fingerprint density at radius 1 is 1.07 bits per heavy atom. The maximum atomic E-state index is 12.5. The molecule has 0 heterocycles. The van der Waals surface area contributed by atoms with Gasteiger partial charge in [0.1, 0.15) is 5.60 Å². The molecule has 0 unspecified atom stereocenters. The van der Waals surface area contributed by atoms with Gasteiger partial charge in [0.05, 0.1) is 0 Å². The zero-order chi connectivity index (χ0) is 19.6. The van der Waals surface area contributed by atoms with Crippen molar-refractivity contribution in [2.24, 2.45) is 5.73 Å². The predicted octanol–water partition coefficient (Wildman–Crippen LogP) is 1.82. The number of nitrogens with one attached hydrogen (secondary N) is 1. The number of nitrogens with two attached hydrogens (primary N) is 1. The maximum absolute atomic E-state index is 12.5. The monoisotopic (exact) mass is 396 g/mol. The molecular weight excluding hydrogens is 364 g/mol. The molecule has 1 amide bonds. The molecule has 0 radical (unpaired) electrons. The van der Waals surface area contributed by atoms with Crippen molar-refractivity contribution in [1.29, 1.82) is 0 Å². The summed E-state index contributed by atoms with van der Waals surface area (Å²) in [4.78, 5) is 37.1. The second-order valence-electron chi connectivity index (χ2n) is 7.87. The van der Waals surface area contributed by atoms with Crippen LogP contribution in [0.4, 0.5) is 0 Å². The van der Waals surface area contributed by atoms with Gasteiger partial charge in [0.25, 0.3) is 5.91 Å². The van der Waals surface area contributed by atoms with E-state index >= 15 is 0 Å². The van der Waals surface area contributed by atoms with Crippen LogP contribution < -0.4 is 11.1 Å². The van der Waals surface area contributed by atoms with E-state index in [0.29, 0.717) is 22.3 Å². The van der Waals surface area contributed by atoms with Crippen molar-refractivity contribution in [2.75, 3.05) is 0 Å². The fraction of sp³-hybridized carbons (Fsp3) is 0.650. The lowest BCUT2D eigenvalue weighted by Crippen LogP contribution is -2.50. The van der Waals surface area contributed by atoms with Crippen LogP contribution in [0.1, 0.15) is 66.2 Å². The van der Waals surface area contributed by atoms with E-state index in [4.69, 9.17) is 5.73 Å². The number of aliphatic hydroxyl groups is 1. The fourth-order valence-corrected chi connectivity index (χ4v) is 3.54. The standard InChI is InChI=1S/C20H30N2O4.H2S/c1-11-12(2)18(24)16(13(3)17(11)23)9-10-20(4,26)19(25)22-15-7-5-14(21)6-8-15;/h14-15,26H,5-10,21H2,1-4H3,(H,22,25);1H2/t14?,15?,20-;/m0./s1. The third-order valence-electron chi connectivity index (χ3n) is 5.77. The Bertz CT molecular complexity index is 686. The van der Waals surface area contributed by atoms with Gasteiger partial charge in [-0.2, -0.15) is 13.5 Å². The van der Waals surface area contributed by atoms with Crippen molar-refractivity contribution in [3.63, 3.8) is 0 Å². The predicted molar refractivity (Wildman–Crippen MR) is 110 cm³/mol. The van der Waals surface area contributed by atoms with E-state index in [9.17, 15) is 19.5 Å². The van der Waals surface area contributed by atoms with Crippen LogP contribution in [-0.2, 0) is 14.4 Å². The molecule has 1 fully saturated rings. The van der Waals surface area contributed by atoms with Gasteiger partial charge in [0, 0.05) is 34.4 Å². The second-order valence-corrected chi connectivity index (χ2v) is 7.87. The highest BCUT2D eigenvalue weighted by atomic mass is 32.1. The highest BCUT2D eigenvalue weighted by Crippen LogP contribution is 2.29. The molecule has 1 saturated carbocycles. The third-order valence-corrected chi connectivity index (χ3v) is 5.77. The highest BCUT2D eigenvalue weighted by Gasteiger charge is 2.35. The molecule has 27 heavy (non-hydrogen) atoms. The molecule has 0 saturated heterocycles.